The molecule has 1 saturated heterocycles. The second-order valence-electron chi connectivity index (χ2n) is 6.92. The standard InChI is InChI=1S/C16H28N2O3/c1-11(2)10-13(15(19)20)17-16(21)18-9-5-7-12-6-3-4-8-14(12)18/h11-14H,3-10H2,1-2H3,(H,17,21)(H,19,20). The van der Waals surface area contributed by atoms with Gasteiger partial charge in [0.15, 0.2) is 0 Å². The lowest BCUT2D eigenvalue weighted by molar-refractivity contribution is -0.139. The molecule has 0 aromatic heterocycles. The van der Waals surface area contributed by atoms with Crippen molar-refractivity contribution in [2.24, 2.45) is 11.8 Å². The molecular weight excluding hydrogens is 268 g/mol. The van der Waals surface area contributed by atoms with Gasteiger partial charge >= 0.3 is 12.0 Å². The molecular formula is C16H28N2O3. The molecule has 0 radical (unpaired) electrons. The lowest BCUT2D eigenvalue weighted by atomic mass is 9.78. The molecule has 1 aliphatic carbocycles. The average Bonchev–Trinajstić information content (AvgIpc) is 2.45. The van der Waals surface area contributed by atoms with Crippen LogP contribution in [-0.2, 0) is 4.79 Å². The van der Waals surface area contributed by atoms with Crippen molar-refractivity contribution < 1.29 is 14.7 Å². The van der Waals surface area contributed by atoms with E-state index in [4.69, 9.17) is 0 Å². The summed E-state index contributed by atoms with van der Waals surface area (Å²) < 4.78 is 0. The molecule has 2 fully saturated rings. The zero-order chi connectivity index (χ0) is 15.4. The van der Waals surface area contributed by atoms with E-state index >= 15 is 0 Å². The molecule has 3 atom stereocenters. The highest BCUT2D eigenvalue weighted by atomic mass is 16.4. The summed E-state index contributed by atoms with van der Waals surface area (Å²) >= 11 is 0. The molecule has 2 N–H and O–H groups in total. The zero-order valence-electron chi connectivity index (χ0n) is 13.2. The number of carboxylic acids is 1. The molecule has 2 aliphatic rings. The van der Waals surface area contributed by atoms with Gasteiger partial charge in [-0.05, 0) is 43.9 Å². The van der Waals surface area contributed by atoms with Crippen LogP contribution in [0.15, 0.2) is 0 Å². The Morgan fingerprint density at radius 2 is 1.86 bits per heavy atom. The number of hydrogen-bond acceptors (Lipinski definition) is 2. The summed E-state index contributed by atoms with van der Waals surface area (Å²) in [5.41, 5.74) is 0. The van der Waals surface area contributed by atoms with Crippen LogP contribution in [0.1, 0.15) is 58.8 Å². The van der Waals surface area contributed by atoms with Gasteiger partial charge in [-0.2, -0.15) is 0 Å². The first kappa shape index (κ1) is 16.1. The highest BCUT2D eigenvalue weighted by molar-refractivity contribution is 5.82. The predicted molar refractivity (Wildman–Crippen MR) is 81.1 cm³/mol. The first-order chi connectivity index (χ1) is 9.99. The van der Waals surface area contributed by atoms with Gasteiger partial charge in [0.05, 0.1) is 0 Å². The summed E-state index contributed by atoms with van der Waals surface area (Å²) in [6.07, 6.45) is 7.45. The van der Waals surface area contributed by atoms with Crippen LogP contribution >= 0.6 is 0 Å². The number of hydrogen-bond donors (Lipinski definition) is 2. The molecule has 2 amide bonds. The lowest BCUT2D eigenvalue weighted by Gasteiger charge is -2.44. The van der Waals surface area contributed by atoms with Gasteiger partial charge in [-0.15, -0.1) is 0 Å². The van der Waals surface area contributed by atoms with Crippen molar-refractivity contribution in [2.45, 2.75) is 70.9 Å². The first-order valence-electron chi connectivity index (χ1n) is 8.29. The smallest absolute Gasteiger partial charge is 0.326 e. The topological polar surface area (TPSA) is 69.6 Å². The second kappa shape index (κ2) is 7.14. The number of piperidine rings is 1. The normalized spacial score (nSPS) is 27.1. The van der Waals surface area contributed by atoms with Gasteiger partial charge in [-0.25, -0.2) is 9.59 Å². The molecule has 1 aliphatic heterocycles. The fraction of sp³-hybridized carbons (Fsp3) is 0.875. The van der Waals surface area contributed by atoms with Gasteiger partial charge in [0, 0.05) is 12.6 Å². The maximum absolute atomic E-state index is 12.5. The van der Waals surface area contributed by atoms with Crippen molar-refractivity contribution >= 4 is 12.0 Å². The van der Waals surface area contributed by atoms with Crippen LogP contribution in [-0.4, -0.2) is 40.6 Å². The molecule has 5 nitrogen and oxygen atoms in total. The lowest BCUT2D eigenvalue weighted by Crippen LogP contribution is -2.56. The van der Waals surface area contributed by atoms with E-state index < -0.39 is 12.0 Å². The summed E-state index contributed by atoms with van der Waals surface area (Å²) in [5, 5.41) is 12.0. The Hall–Kier alpha value is -1.26. The number of nitrogens with zero attached hydrogens (tertiary/aromatic N) is 1. The minimum Gasteiger partial charge on any atom is -0.480 e. The van der Waals surface area contributed by atoms with Crippen LogP contribution in [0.4, 0.5) is 4.79 Å². The third kappa shape index (κ3) is 4.11. The van der Waals surface area contributed by atoms with E-state index in [1.807, 2.05) is 18.7 Å². The minimum absolute atomic E-state index is 0.181. The van der Waals surface area contributed by atoms with Crippen molar-refractivity contribution in [3.63, 3.8) is 0 Å². The Morgan fingerprint density at radius 3 is 2.52 bits per heavy atom. The van der Waals surface area contributed by atoms with Crippen molar-refractivity contribution in [1.82, 2.24) is 10.2 Å². The van der Waals surface area contributed by atoms with Crippen LogP contribution in [0.5, 0.6) is 0 Å². The maximum atomic E-state index is 12.5. The number of aliphatic carboxylic acids is 1. The van der Waals surface area contributed by atoms with Crippen LogP contribution in [0, 0.1) is 11.8 Å². The van der Waals surface area contributed by atoms with E-state index in [-0.39, 0.29) is 11.9 Å². The number of nitrogens with one attached hydrogen (secondary N) is 1. The Bertz CT molecular complexity index is 382. The van der Waals surface area contributed by atoms with Gasteiger partial charge < -0.3 is 15.3 Å². The Kier molecular flexibility index (Phi) is 5.48. The van der Waals surface area contributed by atoms with E-state index in [0.717, 1.165) is 19.4 Å². The van der Waals surface area contributed by atoms with E-state index in [2.05, 4.69) is 5.32 Å². The first-order valence-corrected chi connectivity index (χ1v) is 8.29. The molecule has 0 bridgehead atoms. The monoisotopic (exact) mass is 296 g/mol. The molecule has 0 aromatic carbocycles. The molecule has 21 heavy (non-hydrogen) atoms. The summed E-state index contributed by atoms with van der Waals surface area (Å²) in [6, 6.07) is -0.637. The van der Waals surface area contributed by atoms with Crippen LogP contribution in [0.3, 0.4) is 0 Å². The van der Waals surface area contributed by atoms with Gasteiger partial charge in [0.2, 0.25) is 0 Å². The van der Waals surface area contributed by atoms with E-state index in [0.29, 0.717) is 18.4 Å². The fourth-order valence-corrected chi connectivity index (χ4v) is 3.80. The Balaban J connectivity index is 1.98. The highest BCUT2D eigenvalue weighted by Gasteiger charge is 2.36. The van der Waals surface area contributed by atoms with Crippen molar-refractivity contribution in [2.75, 3.05) is 6.54 Å². The van der Waals surface area contributed by atoms with E-state index in [1.54, 1.807) is 0 Å². The van der Waals surface area contributed by atoms with Gasteiger partial charge in [0.25, 0.3) is 0 Å². The van der Waals surface area contributed by atoms with Crippen LogP contribution < -0.4 is 5.32 Å². The molecule has 3 unspecified atom stereocenters. The highest BCUT2D eigenvalue weighted by Crippen LogP contribution is 2.35. The third-order valence-electron chi connectivity index (χ3n) is 4.81. The van der Waals surface area contributed by atoms with Crippen LogP contribution in [0.2, 0.25) is 0 Å². The number of urea groups is 1. The van der Waals surface area contributed by atoms with Gasteiger partial charge in [0.1, 0.15) is 6.04 Å². The van der Waals surface area contributed by atoms with Crippen molar-refractivity contribution in [3.8, 4) is 0 Å². The number of rotatable bonds is 4. The Morgan fingerprint density at radius 1 is 1.19 bits per heavy atom. The number of carbonyl (C=O) groups excluding carboxylic acids is 1. The van der Waals surface area contributed by atoms with E-state index in [9.17, 15) is 14.7 Å². The number of fused-ring (bicyclic) bond motifs is 1. The fourth-order valence-electron chi connectivity index (χ4n) is 3.80. The SMILES string of the molecule is CC(C)CC(NC(=O)N1CCCC2CCCCC21)C(=O)O. The molecule has 0 aromatic rings. The second-order valence-corrected chi connectivity index (χ2v) is 6.92. The summed E-state index contributed by atoms with van der Waals surface area (Å²) in [5.74, 6) is -0.0731. The summed E-state index contributed by atoms with van der Waals surface area (Å²) in [4.78, 5) is 25.7. The zero-order valence-corrected chi connectivity index (χ0v) is 13.2. The van der Waals surface area contributed by atoms with Crippen LogP contribution in [0.25, 0.3) is 0 Å². The molecule has 0 spiro atoms. The maximum Gasteiger partial charge on any atom is 0.326 e. The van der Waals surface area contributed by atoms with Gasteiger partial charge in [-0.1, -0.05) is 26.7 Å². The molecule has 2 rings (SSSR count). The number of amides is 2. The summed E-state index contributed by atoms with van der Waals surface area (Å²) in [7, 11) is 0. The summed E-state index contributed by atoms with van der Waals surface area (Å²) in [6.45, 7) is 4.71. The average molecular weight is 296 g/mol. The number of likely N-dealkylation sites (tertiary alicyclic amines) is 1. The van der Waals surface area contributed by atoms with Crippen molar-refractivity contribution in [3.05, 3.63) is 0 Å². The Labute approximate surface area is 127 Å². The molecule has 120 valence electrons. The molecule has 5 heteroatoms. The number of carboxylic acid groups (broad SMARTS) is 1. The largest absolute Gasteiger partial charge is 0.480 e. The molecule has 1 saturated carbocycles. The van der Waals surface area contributed by atoms with Gasteiger partial charge in [-0.3, -0.25) is 0 Å². The minimum atomic E-state index is -0.936. The quantitative estimate of drug-likeness (QED) is 0.838. The van der Waals surface area contributed by atoms with E-state index in [1.165, 1.54) is 25.7 Å². The van der Waals surface area contributed by atoms with Crippen molar-refractivity contribution in [1.29, 1.82) is 0 Å². The number of carbonyl (C=O) groups is 2. The third-order valence-corrected chi connectivity index (χ3v) is 4.81. The predicted octanol–water partition coefficient (Wildman–Crippen LogP) is 2.85. The molecule has 1 heterocycles.